The van der Waals surface area contributed by atoms with Crippen molar-refractivity contribution in [2.75, 3.05) is 19.6 Å². The van der Waals surface area contributed by atoms with Crippen molar-refractivity contribution >= 4 is 5.91 Å². The molecule has 1 heterocycles. The molecule has 1 rings (SSSR count). The SMILES string of the molecule is CCCCN(C(=O)[C@@H]1CNC[C@H]1C)C(C)CC. The van der Waals surface area contributed by atoms with E-state index < -0.39 is 0 Å². The third kappa shape index (κ3) is 3.70. The number of hydrogen-bond donors (Lipinski definition) is 1. The van der Waals surface area contributed by atoms with Crippen molar-refractivity contribution in [3.05, 3.63) is 0 Å². The molecule has 3 heteroatoms. The number of rotatable bonds is 6. The van der Waals surface area contributed by atoms with Crippen LogP contribution in [0, 0.1) is 11.8 Å². The second-order valence-corrected chi connectivity index (χ2v) is 5.38. The zero-order valence-electron chi connectivity index (χ0n) is 11.8. The third-order valence-electron chi connectivity index (χ3n) is 3.99. The lowest BCUT2D eigenvalue weighted by Gasteiger charge is -2.32. The minimum atomic E-state index is 0.195. The summed E-state index contributed by atoms with van der Waals surface area (Å²) in [6, 6.07) is 0.377. The summed E-state index contributed by atoms with van der Waals surface area (Å²) in [5, 5.41) is 3.32. The average Bonchev–Trinajstić information content (AvgIpc) is 2.75. The van der Waals surface area contributed by atoms with E-state index in [0.717, 1.165) is 38.9 Å². The van der Waals surface area contributed by atoms with E-state index in [2.05, 4.69) is 37.9 Å². The van der Waals surface area contributed by atoms with Gasteiger partial charge in [0.2, 0.25) is 5.91 Å². The largest absolute Gasteiger partial charge is 0.340 e. The summed E-state index contributed by atoms with van der Waals surface area (Å²) >= 11 is 0. The van der Waals surface area contributed by atoms with Gasteiger partial charge < -0.3 is 10.2 Å². The van der Waals surface area contributed by atoms with Crippen LogP contribution in [0.3, 0.4) is 0 Å². The van der Waals surface area contributed by atoms with E-state index in [1.54, 1.807) is 0 Å². The van der Waals surface area contributed by atoms with Crippen molar-refractivity contribution in [3.63, 3.8) is 0 Å². The zero-order chi connectivity index (χ0) is 12.8. The van der Waals surface area contributed by atoms with Crippen molar-refractivity contribution < 1.29 is 4.79 Å². The lowest BCUT2D eigenvalue weighted by Crippen LogP contribution is -2.44. The summed E-state index contributed by atoms with van der Waals surface area (Å²) in [5.74, 6) is 1.04. The van der Waals surface area contributed by atoms with Crippen LogP contribution < -0.4 is 5.32 Å². The number of nitrogens with one attached hydrogen (secondary N) is 1. The van der Waals surface area contributed by atoms with Crippen LogP contribution in [-0.2, 0) is 4.79 Å². The highest BCUT2D eigenvalue weighted by Crippen LogP contribution is 2.21. The van der Waals surface area contributed by atoms with Gasteiger partial charge in [-0.1, -0.05) is 27.2 Å². The molecule has 3 atom stereocenters. The molecule has 1 aliphatic heterocycles. The number of hydrogen-bond acceptors (Lipinski definition) is 2. The maximum Gasteiger partial charge on any atom is 0.227 e. The summed E-state index contributed by atoms with van der Waals surface area (Å²) in [5.41, 5.74) is 0. The van der Waals surface area contributed by atoms with Crippen LogP contribution in [-0.4, -0.2) is 36.5 Å². The van der Waals surface area contributed by atoms with Gasteiger partial charge in [0.05, 0.1) is 5.92 Å². The van der Waals surface area contributed by atoms with Crippen LogP contribution in [0.2, 0.25) is 0 Å². The topological polar surface area (TPSA) is 32.3 Å². The Bertz CT molecular complexity index is 242. The molecule has 17 heavy (non-hydrogen) atoms. The van der Waals surface area contributed by atoms with E-state index in [1.165, 1.54) is 0 Å². The van der Waals surface area contributed by atoms with E-state index in [0.29, 0.717) is 17.9 Å². The minimum Gasteiger partial charge on any atom is -0.340 e. The van der Waals surface area contributed by atoms with E-state index >= 15 is 0 Å². The van der Waals surface area contributed by atoms with Crippen LogP contribution in [0.4, 0.5) is 0 Å². The van der Waals surface area contributed by atoms with Crippen molar-refractivity contribution in [1.29, 1.82) is 0 Å². The first-order chi connectivity index (χ1) is 8.11. The Morgan fingerprint density at radius 3 is 2.59 bits per heavy atom. The molecule has 0 spiro atoms. The maximum atomic E-state index is 12.5. The van der Waals surface area contributed by atoms with Crippen molar-refractivity contribution in [3.8, 4) is 0 Å². The van der Waals surface area contributed by atoms with Crippen LogP contribution >= 0.6 is 0 Å². The molecule has 1 saturated heterocycles. The number of amides is 1. The summed E-state index contributed by atoms with van der Waals surface area (Å²) in [6.07, 6.45) is 3.31. The Morgan fingerprint density at radius 1 is 1.41 bits per heavy atom. The highest BCUT2D eigenvalue weighted by Gasteiger charge is 2.33. The van der Waals surface area contributed by atoms with Gasteiger partial charge in [0.15, 0.2) is 0 Å². The molecule has 1 aliphatic rings. The average molecular weight is 240 g/mol. The molecule has 0 saturated carbocycles. The quantitative estimate of drug-likeness (QED) is 0.772. The normalized spacial score (nSPS) is 25.9. The second kappa shape index (κ2) is 7.00. The lowest BCUT2D eigenvalue weighted by molar-refractivity contribution is -0.138. The van der Waals surface area contributed by atoms with Gasteiger partial charge in [-0.15, -0.1) is 0 Å². The van der Waals surface area contributed by atoms with E-state index in [1.807, 2.05) is 0 Å². The molecule has 1 fully saturated rings. The predicted molar refractivity (Wildman–Crippen MR) is 71.9 cm³/mol. The van der Waals surface area contributed by atoms with Crippen LogP contribution in [0.5, 0.6) is 0 Å². The van der Waals surface area contributed by atoms with Gasteiger partial charge in [0, 0.05) is 19.1 Å². The Hall–Kier alpha value is -0.570. The first-order valence-corrected chi connectivity index (χ1v) is 7.12. The van der Waals surface area contributed by atoms with E-state index in [4.69, 9.17) is 0 Å². The first-order valence-electron chi connectivity index (χ1n) is 7.12. The van der Waals surface area contributed by atoms with Gasteiger partial charge in [-0.05, 0) is 32.2 Å². The maximum absolute atomic E-state index is 12.5. The molecule has 0 radical (unpaired) electrons. The number of carbonyl (C=O) groups excluding carboxylic acids is 1. The van der Waals surface area contributed by atoms with Gasteiger partial charge in [0.1, 0.15) is 0 Å². The zero-order valence-corrected chi connectivity index (χ0v) is 11.8. The second-order valence-electron chi connectivity index (χ2n) is 5.38. The monoisotopic (exact) mass is 240 g/mol. The predicted octanol–water partition coefficient (Wildman–Crippen LogP) is 2.27. The molecule has 3 nitrogen and oxygen atoms in total. The summed E-state index contributed by atoms with van der Waals surface area (Å²) in [7, 11) is 0. The summed E-state index contributed by atoms with van der Waals surface area (Å²) < 4.78 is 0. The Balaban J connectivity index is 2.64. The van der Waals surface area contributed by atoms with Crippen LogP contribution in [0.1, 0.15) is 47.0 Å². The fraction of sp³-hybridized carbons (Fsp3) is 0.929. The smallest absolute Gasteiger partial charge is 0.227 e. The highest BCUT2D eigenvalue weighted by molar-refractivity contribution is 5.80. The van der Waals surface area contributed by atoms with Gasteiger partial charge >= 0.3 is 0 Å². The van der Waals surface area contributed by atoms with Crippen molar-refractivity contribution in [2.24, 2.45) is 11.8 Å². The molecule has 0 aliphatic carbocycles. The lowest BCUT2D eigenvalue weighted by atomic mass is 9.95. The number of nitrogens with zero attached hydrogens (tertiary/aromatic N) is 1. The molecule has 0 bridgehead atoms. The molecular weight excluding hydrogens is 212 g/mol. The minimum absolute atomic E-state index is 0.195. The molecule has 1 N–H and O–H groups in total. The molecular formula is C14H28N2O. The third-order valence-corrected chi connectivity index (χ3v) is 3.99. The number of unbranched alkanes of at least 4 members (excludes halogenated alkanes) is 1. The first kappa shape index (κ1) is 14.5. The standard InChI is InChI=1S/C14H28N2O/c1-5-7-8-16(12(4)6-2)14(17)13-10-15-9-11(13)3/h11-13,15H,5-10H2,1-4H3/t11-,12?,13-/m1/s1. The fourth-order valence-electron chi connectivity index (χ4n) is 2.45. The molecule has 0 aromatic rings. The molecule has 0 aromatic carbocycles. The summed E-state index contributed by atoms with van der Waals surface area (Å²) in [6.45, 7) is 11.5. The Morgan fingerprint density at radius 2 is 2.12 bits per heavy atom. The van der Waals surface area contributed by atoms with Crippen LogP contribution in [0.15, 0.2) is 0 Å². The molecule has 1 amide bonds. The van der Waals surface area contributed by atoms with Crippen LogP contribution in [0.25, 0.3) is 0 Å². The van der Waals surface area contributed by atoms with E-state index in [9.17, 15) is 4.79 Å². The highest BCUT2D eigenvalue weighted by atomic mass is 16.2. The van der Waals surface area contributed by atoms with Gasteiger partial charge in [-0.2, -0.15) is 0 Å². The van der Waals surface area contributed by atoms with Crippen molar-refractivity contribution in [1.82, 2.24) is 10.2 Å². The molecule has 100 valence electrons. The fourth-order valence-corrected chi connectivity index (χ4v) is 2.45. The Kier molecular flexibility index (Phi) is 5.96. The molecule has 0 aromatic heterocycles. The number of carbonyl (C=O) groups is 1. The summed E-state index contributed by atoms with van der Waals surface area (Å²) in [4.78, 5) is 14.7. The van der Waals surface area contributed by atoms with Crippen molar-refractivity contribution in [2.45, 2.75) is 53.0 Å². The van der Waals surface area contributed by atoms with Gasteiger partial charge in [-0.25, -0.2) is 0 Å². The van der Waals surface area contributed by atoms with Gasteiger partial charge in [-0.3, -0.25) is 4.79 Å². The Labute approximate surface area is 106 Å². The van der Waals surface area contributed by atoms with Gasteiger partial charge in [0.25, 0.3) is 0 Å². The van der Waals surface area contributed by atoms with E-state index in [-0.39, 0.29) is 5.92 Å². The molecule has 1 unspecified atom stereocenters.